The monoisotopic (exact) mass is 395 g/mol. The molecule has 0 saturated carbocycles. The average Bonchev–Trinajstić information content (AvgIpc) is 3.16. The number of sulfonamides is 1. The van der Waals surface area contributed by atoms with Gasteiger partial charge in [0.05, 0.1) is 12.8 Å². The van der Waals surface area contributed by atoms with Gasteiger partial charge in [0.25, 0.3) is 10.0 Å². The van der Waals surface area contributed by atoms with Crippen molar-refractivity contribution in [2.24, 2.45) is 0 Å². The first-order valence-corrected chi connectivity index (χ1v) is 9.89. The summed E-state index contributed by atoms with van der Waals surface area (Å²) in [5.74, 6) is 0.293. The van der Waals surface area contributed by atoms with Crippen LogP contribution in [0.4, 0.5) is 5.69 Å². The molecule has 0 aliphatic carbocycles. The van der Waals surface area contributed by atoms with Crippen molar-refractivity contribution in [1.29, 1.82) is 0 Å². The molecule has 2 heterocycles. The van der Waals surface area contributed by atoms with Crippen LogP contribution >= 0.6 is 0 Å². The lowest BCUT2D eigenvalue weighted by atomic mass is 10.1. The second kappa shape index (κ2) is 6.93. The van der Waals surface area contributed by atoms with Crippen LogP contribution in [0.5, 0.6) is 5.75 Å². The molecule has 9 heteroatoms. The molecule has 2 aromatic heterocycles. The number of benzene rings is 2. The van der Waals surface area contributed by atoms with Crippen molar-refractivity contribution >= 4 is 21.4 Å². The van der Waals surface area contributed by atoms with Gasteiger partial charge in [0.1, 0.15) is 17.0 Å². The Labute approximate surface area is 161 Å². The molecule has 0 radical (unpaired) electrons. The van der Waals surface area contributed by atoms with Gasteiger partial charge in [0, 0.05) is 11.3 Å². The Bertz CT molecular complexity index is 1250. The predicted molar refractivity (Wildman–Crippen MR) is 105 cm³/mol. The van der Waals surface area contributed by atoms with E-state index >= 15 is 0 Å². The van der Waals surface area contributed by atoms with Crippen molar-refractivity contribution in [3.63, 3.8) is 0 Å². The van der Waals surface area contributed by atoms with Crippen LogP contribution in [0, 0.1) is 6.92 Å². The first-order valence-electron chi connectivity index (χ1n) is 8.41. The molecule has 0 atom stereocenters. The molecular formula is C19H17N5O3S. The summed E-state index contributed by atoms with van der Waals surface area (Å²) in [5, 5.41) is 12.1. The van der Waals surface area contributed by atoms with Gasteiger partial charge >= 0.3 is 0 Å². The minimum atomic E-state index is -3.79. The van der Waals surface area contributed by atoms with Crippen LogP contribution in [0.15, 0.2) is 65.8 Å². The number of nitrogens with zero attached hydrogens (tertiary/aromatic N) is 4. The first-order chi connectivity index (χ1) is 13.5. The van der Waals surface area contributed by atoms with E-state index < -0.39 is 10.0 Å². The number of anilines is 1. The van der Waals surface area contributed by atoms with E-state index in [0.29, 0.717) is 17.1 Å². The Morgan fingerprint density at radius 1 is 1.04 bits per heavy atom. The lowest BCUT2D eigenvalue weighted by Gasteiger charge is -2.12. The minimum absolute atomic E-state index is 0.0961. The van der Waals surface area contributed by atoms with E-state index in [-0.39, 0.29) is 4.90 Å². The molecule has 28 heavy (non-hydrogen) atoms. The highest BCUT2D eigenvalue weighted by atomic mass is 32.2. The maximum atomic E-state index is 12.8. The summed E-state index contributed by atoms with van der Waals surface area (Å²) in [6.07, 6.45) is 1.52. The molecule has 142 valence electrons. The lowest BCUT2D eigenvalue weighted by Crippen LogP contribution is -2.14. The number of fused-ring (bicyclic) bond motifs is 1. The van der Waals surface area contributed by atoms with E-state index in [0.717, 1.165) is 16.8 Å². The molecule has 0 saturated heterocycles. The Morgan fingerprint density at radius 3 is 2.57 bits per heavy atom. The minimum Gasteiger partial charge on any atom is -0.495 e. The fourth-order valence-electron chi connectivity index (χ4n) is 2.80. The van der Waals surface area contributed by atoms with E-state index in [9.17, 15) is 8.42 Å². The van der Waals surface area contributed by atoms with E-state index in [4.69, 9.17) is 4.74 Å². The number of ether oxygens (including phenoxy) is 1. The maximum Gasteiger partial charge on any atom is 0.265 e. The molecule has 0 fully saturated rings. The highest BCUT2D eigenvalue weighted by Gasteiger charge is 2.20. The molecule has 2 aromatic carbocycles. The molecule has 8 nitrogen and oxygen atoms in total. The number of aromatic nitrogens is 4. The standard InChI is InChI=1S/C19H17N5O3S/c1-13-3-9-17(27-2)18(11-13)28(25,26)23-15-6-4-14(5-7-15)16-8-10-19-21-20-12-24(19)22-16/h3-12,23H,1-2H3. The molecule has 0 unspecified atom stereocenters. The second-order valence-electron chi connectivity index (χ2n) is 6.19. The Kier molecular flexibility index (Phi) is 4.44. The van der Waals surface area contributed by atoms with Crippen LogP contribution in [-0.2, 0) is 10.0 Å². The average molecular weight is 395 g/mol. The molecule has 0 aliphatic heterocycles. The SMILES string of the molecule is COc1ccc(C)cc1S(=O)(=O)Nc1ccc(-c2ccc3nncn3n2)cc1. The van der Waals surface area contributed by atoms with Crippen LogP contribution in [0.3, 0.4) is 0 Å². The molecule has 4 rings (SSSR count). The van der Waals surface area contributed by atoms with Gasteiger partial charge in [-0.2, -0.15) is 9.61 Å². The summed E-state index contributed by atoms with van der Waals surface area (Å²) in [6.45, 7) is 1.83. The van der Waals surface area contributed by atoms with E-state index in [1.807, 2.05) is 19.1 Å². The molecule has 4 aromatic rings. The summed E-state index contributed by atoms with van der Waals surface area (Å²) >= 11 is 0. The molecular weight excluding hydrogens is 378 g/mol. The van der Waals surface area contributed by atoms with Crippen molar-refractivity contribution in [2.75, 3.05) is 11.8 Å². The quantitative estimate of drug-likeness (QED) is 0.558. The van der Waals surface area contributed by atoms with Crippen molar-refractivity contribution in [1.82, 2.24) is 19.8 Å². The van der Waals surface area contributed by atoms with Crippen molar-refractivity contribution < 1.29 is 13.2 Å². The van der Waals surface area contributed by atoms with Gasteiger partial charge in [-0.15, -0.1) is 10.2 Å². The number of nitrogens with one attached hydrogen (secondary N) is 1. The summed E-state index contributed by atoms with van der Waals surface area (Å²) in [6, 6.07) is 15.6. The van der Waals surface area contributed by atoms with Crippen LogP contribution in [0.1, 0.15) is 5.56 Å². The fourth-order valence-corrected chi connectivity index (χ4v) is 4.11. The van der Waals surface area contributed by atoms with Crippen LogP contribution in [0.2, 0.25) is 0 Å². The van der Waals surface area contributed by atoms with Gasteiger partial charge in [0.2, 0.25) is 0 Å². The molecule has 0 amide bonds. The third-order valence-corrected chi connectivity index (χ3v) is 5.61. The maximum absolute atomic E-state index is 12.8. The Hall–Kier alpha value is -3.46. The normalized spacial score (nSPS) is 11.5. The number of hydrogen-bond donors (Lipinski definition) is 1. The highest BCUT2D eigenvalue weighted by molar-refractivity contribution is 7.92. The zero-order valence-electron chi connectivity index (χ0n) is 15.2. The molecule has 0 bridgehead atoms. The van der Waals surface area contributed by atoms with Gasteiger partial charge < -0.3 is 4.74 Å². The number of aryl methyl sites for hydroxylation is 1. The number of rotatable bonds is 5. The van der Waals surface area contributed by atoms with Gasteiger partial charge in [-0.05, 0) is 48.9 Å². The zero-order valence-corrected chi connectivity index (χ0v) is 16.0. The first kappa shape index (κ1) is 17.9. The van der Waals surface area contributed by atoms with E-state index in [1.54, 1.807) is 47.0 Å². The lowest BCUT2D eigenvalue weighted by molar-refractivity contribution is 0.402. The van der Waals surface area contributed by atoms with E-state index in [1.165, 1.54) is 13.4 Å². The number of methoxy groups -OCH3 is 1. The summed E-state index contributed by atoms with van der Waals surface area (Å²) in [4.78, 5) is 0.0961. The van der Waals surface area contributed by atoms with E-state index in [2.05, 4.69) is 20.0 Å². The molecule has 1 N–H and O–H groups in total. The van der Waals surface area contributed by atoms with Crippen molar-refractivity contribution in [2.45, 2.75) is 11.8 Å². The number of hydrogen-bond acceptors (Lipinski definition) is 6. The topological polar surface area (TPSA) is 98.5 Å². The highest BCUT2D eigenvalue weighted by Crippen LogP contribution is 2.27. The van der Waals surface area contributed by atoms with Crippen LogP contribution in [-0.4, -0.2) is 35.3 Å². The van der Waals surface area contributed by atoms with Crippen molar-refractivity contribution in [3.8, 4) is 17.0 Å². The second-order valence-corrected chi connectivity index (χ2v) is 7.84. The summed E-state index contributed by atoms with van der Waals surface area (Å²) in [5.41, 5.74) is 3.48. The van der Waals surface area contributed by atoms with Crippen LogP contribution in [0.25, 0.3) is 16.9 Å². The zero-order chi connectivity index (χ0) is 19.7. The summed E-state index contributed by atoms with van der Waals surface area (Å²) < 4.78 is 34.9. The third kappa shape index (κ3) is 3.39. The fraction of sp³-hybridized carbons (Fsp3) is 0.105. The third-order valence-electron chi connectivity index (χ3n) is 4.20. The van der Waals surface area contributed by atoms with Crippen LogP contribution < -0.4 is 9.46 Å². The largest absolute Gasteiger partial charge is 0.495 e. The van der Waals surface area contributed by atoms with Gasteiger partial charge in [-0.1, -0.05) is 18.2 Å². The van der Waals surface area contributed by atoms with Gasteiger partial charge in [-0.25, -0.2) is 8.42 Å². The van der Waals surface area contributed by atoms with Gasteiger partial charge in [-0.3, -0.25) is 4.72 Å². The Morgan fingerprint density at radius 2 is 1.82 bits per heavy atom. The molecule has 0 aliphatic rings. The predicted octanol–water partition coefficient (Wildman–Crippen LogP) is 2.91. The smallest absolute Gasteiger partial charge is 0.265 e. The molecule has 0 spiro atoms. The Balaban J connectivity index is 1.61. The van der Waals surface area contributed by atoms with Crippen molar-refractivity contribution in [3.05, 3.63) is 66.5 Å². The van der Waals surface area contributed by atoms with Gasteiger partial charge in [0.15, 0.2) is 5.65 Å². The summed E-state index contributed by atoms with van der Waals surface area (Å²) in [7, 11) is -2.35.